The van der Waals surface area contributed by atoms with Crippen LogP contribution in [0.5, 0.6) is 0 Å². The molecule has 9 rings (SSSR count). The van der Waals surface area contributed by atoms with Gasteiger partial charge in [0.25, 0.3) is 0 Å². The maximum absolute atomic E-state index is 6.47. The van der Waals surface area contributed by atoms with Crippen LogP contribution in [0.1, 0.15) is 0 Å². The number of aromatic nitrogens is 1. The topological polar surface area (TPSA) is 18.1 Å². The van der Waals surface area contributed by atoms with Crippen LogP contribution in [0.25, 0.3) is 82.1 Å². The van der Waals surface area contributed by atoms with E-state index in [1.54, 1.807) is 0 Å². The summed E-state index contributed by atoms with van der Waals surface area (Å²) in [6.45, 7) is 0. The molecule has 40 heavy (non-hydrogen) atoms. The molecule has 0 amide bonds. The van der Waals surface area contributed by atoms with Crippen molar-refractivity contribution < 1.29 is 4.42 Å². The van der Waals surface area contributed by atoms with E-state index < -0.39 is 0 Å². The first-order valence-electron chi connectivity index (χ1n) is 13.7. The third-order valence-electron chi connectivity index (χ3n) is 8.36. The SMILES string of the molecule is c1ccc2c(-c3ccc4c(c3)c3ccccc3n4-c3cccc4c3oc3ccccc34)c3ccccc3cc2c1. The Kier molecular flexibility index (Phi) is 4.36. The van der Waals surface area contributed by atoms with E-state index in [4.69, 9.17) is 4.42 Å². The standard InChI is InChI=1S/C38H23NO/c1-3-12-27-24(10-1)22-25-11-2-4-13-28(25)37(27)26-20-21-34-32(23-26)29-14-5-7-17-33(29)39(34)35-18-9-16-31-30-15-6-8-19-36(30)40-38(31)35/h1-23H. The van der Waals surface area contributed by atoms with Crippen LogP contribution >= 0.6 is 0 Å². The van der Waals surface area contributed by atoms with Crippen molar-refractivity contribution in [3.05, 3.63) is 140 Å². The summed E-state index contributed by atoms with van der Waals surface area (Å²) in [5.74, 6) is 0. The second kappa shape index (κ2) is 8.08. The van der Waals surface area contributed by atoms with Crippen LogP contribution in [0.3, 0.4) is 0 Å². The molecule has 2 nitrogen and oxygen atoms in total. The molecule has 0 saturated carbocycles. The average molecular weight is 510 g/mol. The van der Waals surface area contributed by atoms with Gasteiger partial charge in [-0.25, -0.2) is 0 Å². The number of furan rings is 1. The second-order valence-electron chi connectivity index (χ2n) is 10.5. The van der Waals surface area contributed by atoms with E-state index >= 15 is 0 Å². The Labute approximate surface area is 230 Å². The molecule has 9 aromatic rings. The number of nitrogens with zero attached hydrogens (tertiary/aromatic N) is 1. The molecule has 0 saturated heterocycles. The average Bonchev–Trinajstić information content (AvgIpc) is 3.55. The molecule has 2 heteroatoms. The highest BCUT2D eigenvalue weighted by atomic mass is 16.3. The first-order valence-corrected chi connectivity index (χ1v) is 13.7. The lowest BCUT2D eigenvalue weighted by Gasteiger charge is -2.13. The fraction of sp³-hybridized carbons (Fsp3) is 0. The number of hydrogen-bond acceptors (Lipinski definition) is 1. The van der Waals surface area contributed by atoms with Crippen molar-refractivity contribution in [3.8, 4) is 16.8 Å². The van der Waals surface area contributed by atoms with Gasteiger partial charge in [0.05, 0.1) is 16.7 Å². The fourth-order valence-electron chi connectivity index (χ4n) is 6.62. The van der Waals surface area contributed by atoms with Gasteiger partial charge in [-0.2, -0.15) is 0 Å². The molecule has 0 N–H and O–H groups in total. The smallest absolute Gasteiger partial charge is 0.159 e. The van der Waals surface area contributed by atoms with Gasteiger partial charge in [-0.05, 0) is 69.1 Å². The largest absolute Gasteiger partial charge is 0.454 e. The van der Waals surface area contributed by atoms with Crippen molar-refractivity contribution in [2.45, 2.75) is 0 Å². The Bertz CT molecular complexity index is 2390. The number of para-hydroxylation sites is 3. The van der Waals surface area contributed by atoms with E-state index in [1.165, 1.54) is 54.5 Å². The van der Waals surface area contributed by atoms with Gasteiger partial charge in [-0.3, -0.25) is 0 Å². The highest BCUT2D eigenvalue weighted by Crippen LogP contribution is 2.41. The lowest BCUT2D eigenvalue weighted by Crippen LogP contribution is -1.94. The predicted molar refractivity (Wildman–Crippen MR) is 169 cm³/mol. The minimum Gasteiger partial charge on any atom is -0.454 e. The number of fused-ring (bicyclic) bond motifs is 8. The summed E-state index contributed by atoms with van der Waals surface area (Å²) in [5.41, 5.74) is 7.74. The van der Waals surface area contributed by atoms with Gasteiger partial charge in [-0.1, -0.05) is 103 Å². The molecule has 2 aromatic heterocycles. The normalized spacial score (nSPS) is 12.0. The summed E-state index contributed by atoms with van der Waals surface area (Å²) >= 11 is 0. The van der Waals surface area contributed by atoms with Crippen molar-refractivity contribution in [1.29, 1.82) is 0 Å². The number of hydrogen-bond donors (Lipinski definition) is 0. The number of benzene rings is 7. The van der Waals surface area contributed by atoms with Crippen LogP contribution in [0.2, 0.25) is 0 Å². The molecule has 0 atom stereocenters. The third-order valence-corrected chi connectivity index (χ3v) is 8.36. The van der Waals surface area contributed by atoms with Crippen LogP contribution in [-0.4, -0.2) is 4.57 Å². The zero-order chi connectivity index (χ0) is 26.2. The van der Waals surface area contributed by atoms with Gasteiger partial charge in [0.2, 0.25) is 0 Å². The molecule has 186 valence electrons. The summed E-state index contributed by atoms with van der Waals surface area (Å²) in [7, 11) is 0. The molecule has 0 aliphatic carbocycles. The Morgan fingerprint density at radius 3 is 1.85 bits per heavy atom. The minimum absolute atomic E-state index is 0.912. The second-order valence-corrected chi connectivity index (χ2v) is 10.5. The summed E-state index contributed by atoms with van der Waals surface area (Å²) in [6.07, 6.45) is 0. The van der Waals surface area contributed by atoms with Crippen LogP contribution in [0.4, 0.5) is 0 Å². The molecule has 0 radical (unpaired) electrons. The van der Waals surface area contributed by atoms with E-state index in [9.17, 15) is 0 Å². The first-order chi connectivity index (χ1) is 19.8. The lowest BCUT2D eigenvalue weighted by atomic mass is 9.91. The van der Waals surface area contributed by atoms with Crippen LogP contribution in [0.15, 0.2) is 144 Å². The molecule has 2 heterocycles. The minimum atomic E-state index is 0.912. The molecular weight excluding hydrogens is 486 g/mol. The molecule has 0 unspecified atom stereocenters. The Morgan fingerprint density at radius 1 is 0.425 bits per heavy atom. The Balaban J connectivity index is 1.38. The lowest BCUT2D eigenvalue weighted by molar-refractivity contribution is 0.666. The van der Waals surface area contributed by atoms with Crippen molar-refractivity contribution >= 4 is 65.3 Å². The zero-order valence-corrected chi connectivity index (χ0v) is 21.6. The van der Waals surface area contributed by atoms with Crippen molar-refractivity contribution in [1.82, 2.24) is 4.57 Å². The fourth-order valence-corrected chi connectivity index (χ4v) is 6.62. The van der Waals surface area contributed by atoms with Crippen LogP contribution < -0.4 is 0 Å². The molecular formula is C38H23NO. The predicted octanol–water partition coefficient (Wildman–Crippen LogP) is 10.7. The van der Waals surface area contributed by atoms with Crippen LogP contribution in [0, 0.1) is 0 Å². The maximum Gasteiger partial charge on any atom is 0.159 e. The number of rotatable bonds is 2. The molecule has 0 bridgehead atoms. The molecule has 0 aliphatic heterocycles. The van der Waals surface area contributed by atoms with E-state index in [-0.39, 0.29) is 0 Å². The van der Waals surface area contributed by atoms with Crippen molar-refractivity contribution in [2.75, 3.05) is 0 Å². The van der Waals surface area contributed by atoms with E-state index in [0.717, 1.165) is 27.6 Å². The van der Waals surface area contributed by atoms with Gasteiger partial charge in [0.1, 0.15) is 5.58 Å². The van der Waals surface area contributed by atoms with Gasteiger partial charge >= 0.3 is 0 Å². The van der Waals surface area contributed by atoms with Gasteiger partial charge in [0.15, 0.2) is 5.58 Å². The summed E-state index contributed by atoms with van der Waals surface area (Å²) < 4.78 is 8.84. The Morgan fingerprint density at radius 2 is 1.05 bits per heavy atom. The van der Waals surface area contributed by atoms with Crippen molar-refractivity contribution in [3.63, 3.8) is 0 Å². The van der Waals surface area contributed by atoms with Gasteiger partial charge in [-0.15, -0.1) is 0 Å². The highest BCUT2D eigenvalue weighted by Gasteiger charge is 2.18. The first kappa shape index (κ1) is 21.6. The zero-order valence-electron chi connectivity index (χ0n) is 21.6. The van der Waals surface area contributed by atoms with E-state index in [2.05, 4.69) is 132 Å². The van der Waals surface area contributed by atoms with E-state index in [0.29, 0.717) is 0 Å². The molecule has 7 aromatic carbocycles. The third kappa shape index (κ3) is 2.93. The quantitative estimate of drug-likeness (QED) is 0.212. The van der Waals surface area contributed by atoms with Crippen molar-refractivity contribution in [2.24, 2.45) is 0 Å². The monoisotopic (exact) mass is 509 g/mol. The molecule has 0 aliphatic rings. The summed E-state index contributed by atoms with van der Waals surface area (Å²) in [5, 5.41) is 9.82. The van der Waals surface area contributed by atoms with E-state index in [1.807, 2.05) is 12.1 Å². The van der Waals surface area contributed by atoms with Crippen LogP contribution in [-0.2, 0) is 0 Å². The van der Waals surface area contributed by atoms with Gasteiger partial charge in [0, 0.05) is 21.5 Å². The molecule has 0 fully saturated rings. The Hall–Kier alpha value is -5.34. The summed E-state index contributed by atoms with van der Waals surface area (Å²) in [4.78, 5) is 0. The summed E-state index contributed by atoms with van der Waals surface area (Å²) in [6, 6.07) is 50.1. The highest BCUT2D eigenvalue weighted by molar-refractivity contribution is 6.17. The van der Waals surface area contributed by atoms with Gasteiger partial charge < -0.3 is 8.98 Å². The molecule has 0 spiro atoms. The maximum atomic E-state index is 6.47.